The topological polar surface area (TPSA) is 19.0 Å². The SMILES string of the molecule is c1ccc2c(c1)Sc1ccccc1N2c1ccc(-c2ccc3[nH]c4cc5c(cc4c3c2)sc2ccccc25)cc1. The number of nitrogens with one attached hydrogen (secondary N) is 1. The monoisotopic (exact) mass is 546 g/mol. The second kappa shape index (κ2) is 8.49. The summed E-state index contributed by atoms with van der Waals surface area (Å²) >= 11 is 3.72. The molecule has 4 heteroatoms. The Hall–Kier alpha value is -4.51. The van der Waals surface area contributed by atoms with Crippen LogP contribution in [0, 0.1) is 0 Å². The van der Waals surface area contributed by atoms with Crippen LogP contribution in [-0.4, -0.2) is 4.98 Å². The highest BCUT2D eigenvalue weighted by Crippen LogP contribution is 2.51. The van der Waals surface area contributed by atoms with Gasteiger partial charge in [0.05, 0.1) is 11.4 Å². The summed E-state index contributed by atoms with van der Waals surface area (Å²) in [5, 5.41) is 5.22. The van der Waals surface area contributed by atoms with E-state index in [9.17, 15) is 0 Å². The molecule has 0 unspecified atom stereocenters. The molecule has 1 aliphatic heterocycles. The molecule has 0 aliphatic carbocycles. The molecule has 0 saturated carbocycles. The average Bonchev–Trinajstić information content (AvgIpc) is 3.55. The molecule has 6 aromatic carbocycles. The van der Waals surface area contributed by atoms with E-state index in [0.29, 0.717) is 0 Å². The van der Waals surface area contributed by atoms with Gasteiger partial charge in [0.15, 0.2) is 0 Å². The molecule has 0 spiro atoms. The summed E-state index contributed by atoms with van der Waals surface area (Å²) in [7, 11) is 0. The molecule has 1 aliphatic rings. The summed E-state index contributed by atoms with van der Waals surface area (Å²) < 4.78 is 2.68. The Kier molecular flexibility index (Phi) is 4.74. The number of para-hydroxylation sites is 2. The van der Waals surface area contributed by atoms with Gasteiger partial charge in [-0.3, -0.25) is 0 Å². The predicted molar refractivity (Wildman–Crippen MR) is 173 cm³/mol. The first-order chi connectivity index (χ1) is 19.8. The lowest BCUT2D eigenvalue weighted by atomic mass is 10.0. The Labute approximate surface area is 239 Å². The molecule has 2 nitrogen and oxygen atoms in total. The van der Waals surface area contributed by atoms with Crippen molar-refractivity contribution in [2.24, 2.45) is 0 Å². The highest BCUT2D eigenvalue weighted by molar-refractivity contribution is 7.99. The van der Waals surface area contributed by atoms with Crippen molar-refractivity contribution < 1.29 is 0 Å². The molecule has 0 fully saturated rings. The molecule has 0 saturated heterocycles. The summed E-state index contributed by atoms with van der Waals surface area (Å²) in [6.45, 7) is 0. The van der Waals surface area contributed by atoms with Crippen LogP contribution in [0.25, 0.3) is 53.1 Å². The highest BCUT2D eigenvalue weighted by Gasteiger charge is 2.24. The van der Waals surface area contributed by atoms with Crippen LogP contribution in [0.15, 0.2) is 137 Å². The Balaban J connectivity index is 1.14. The van der Waals surface area contributed by atoms with Gasteiger partial charge in [-0.15, -0.1) is 11.3 Å². The van der Waals surface area contributed by atoms with Crippen molar-refractivity contribution in [2.45, 2.75) is 9.79 Å². The molecule has 1 N–H and O–H groups in total. The van der Waals surface area contributed by atoms with Gasteiger partial charge in [0.25, 0.3) is 0 Å². The van der Waals surface area contributed by atoms with Crippen molar-refractivity contribution in [3.63, 3.8) is 0 Å². The quantitative estimate of drug-likeness (QED) is 0.232. The number of nitrogens with zero attached hydrogens (tertiary/aromatic N) is 1. The molecule has 2 aromatic heterocycles. The Morgan fingerprint density at radius 1 is 0.475 bits per heavy atom. The zero-order valence-corrected chi connectivity index (χ0v) is 23.0. The number of rotatable bonds is 2. The van der Waals surface area contributed by atoms with Crippen molar-refractivity contribution in [1.82, 2.24) is 4.98 Å². The number of H-pyrrole nitrogens is 1. The van der Waals surface area contributed by atoms with Crippen LogP contribution in [-0.2, 0) is 0 Å². The van der Waals surface area contributed by atoms with Crippen molar-refractivity contribution in [2.75, 3.05) is 4.90 Å². The third-order valence-electron chi connectivity index (χ3n) is 7.99. The van der Waals surface area contributed by atoms with Crippen LogP contribution in [0.2, 0.25) is 0 Å². The third-order valence-corrected chi connectivity index (χ3v) is 10.3. The van der Waals surface area contributed by atoms with Crippen molar-refractivity contribution >= 4 is 82.1 Å². The molecular formula is C36H22N2S2. The van der Waals surface area contributed by atoms with Gasteiger partial charge in [-0.1, -0.05) is 72.4 Å². The Morgan fingerprint density at radius 3 is 1.95 bits per heavy atom. The van der Waals surface area contributed by atoms with Crippen LogP contribution in [0.3, 0.4) is 0 Å². The van der Waals surface area contributed by atoms with Crippen LogP contribution >= 0.6 is 23.1 Å². The minimum absolute atomic E-state index is 1.17. The summed E-state index contributed by atoms with van der Waals surface area (Å²) in [4.78, 5) is 8.61. The molecule has 40 heavy (non-hydrogen) atoms. The molecule has 188 valence electrons. The van der Waals surface area contributed by atoms with E-state index in [1.165, 1.54) is 80.0 Å². The first-order valence-electron chi connectivity index (χ1n) is 13.4. The molecule has 0 bridgehead atoms. The minimum atomic E-state index is 1.17. The lowest BCUT2D eigenvalue weighted by Gasteiger charge is -2.32. The number of hydrogen-bond donors (Lipinski definition) is 1. The number of anilines is 3. The van der Waals surface area contributed by atoms with Gasteiger partial charge in [-0.2, -0.15) is 0 Å². The van der Waals surface area contributed by atoms with Gasteiger partial charge in [-0.25, -0.2) is 0 Å². The van der Waals surface area contributed by atoms with Crippen LogP contribution in [0.5, 0.6) is 0 Å². The molecule has 0 radical (unpaired) electrons. The van der Waals surface area contributed by atoms with Gasteiger partial charge in [0, 0.05) is 57.5 Å². The predicted octanol–water partition coefficient (Wildman–Crippen LogP) is 11.3. The van der Waals surface area contributed by atoms with Gasteiger partial charge in [0.1, 0.15) is 0 Å². The highest BCUT2D eigenvalue weighted by atomic mass is 32.2. The van der Waals surface area contributed by atoms with Crippen molar-refractivity contribution in [1.29, 1.82) is 0 Å². The summed E-state index contributed by atoms with van der Waals surface area (Å²) in [5.41, 5.74) is 8.44. The molecule has 3 heterocycles. The van der Waals surface area contributed by atoms with E-state index in [2.05, 4.69) is 137 Å². The third kappa shape index (κ3) is 3.30. The largest absolute Gasteiger partial charge is 0.354 e. The molecule has 0 amide bonds. The van der Waals surface area contributed by atoms with Gasteiger partial charge in [0.2, 0.25) is 0 Å². The number of thiophene rings is 1. The molecule has 0 atom stereocenters. The normalized spacial score (nSPS) is 12.8. The maximum absolute atomic E-state index is 3.67. The number of benzene rings is 6. The fourth-order valence-electron chi connectivity index (χ4n) is 6.08. The van der Waals surface area contributed by atoms with E-state index in [0.717, 1.165) is 0 Å². The van der Waals surface area contributed by atoms with E-state index in [-0.39, 0.29) is 0 Å². The van der Waals surface area contributed by atoms with E-state index in [1.54, 1.807) is 0 Å². The van der Waals surface area contributed by atoms with Crippen LogP contribution < -0.4 is 4.90 Å². The minimum Gasteiger partial charge on any atom is -0.354 e. The smallest absolute Gasteiger partial charge is 0.0601 e. The average molecular weight is 547 g/mol. The second-order valence-electron chi connectivity index (χ2n) is 10.3. The van der Waals surface area contributed by atoms with E-state index >= 15 is 0 Å². The van der Waals surface area contributed by atoms with E-state index in [1.807, 2.05) is 23.1 Å². The fourth-order valence-corrected chi connectivity index (χ4v) is 8.27. The zero-order chi connectivity index (χ0) is 26.2. The number of fused-ring (bicyclic) bond motifs is 8. The zero-order valence-electron chi connectivity index (χ0n) is 21.4. The summed E-state index contributed by atoms with van der Waals surface area (Å²) in [6.07, 6.45) is 0. The molecule has 9 rings (SSSR count). The number of hydrogen-bond acceptors (Lipinski definition) is 3. The Bertz CT molecular complexity index is 2210. The van der Waals surface area contributed by atoms with Crippen LogP contribution in [0.4, 0.5) is 17.1 Å². The number of aromatic nitrogens is 1. The van der Waals surface area contributed by atoms with E-state index < -0.39 is 0 Å². The van der Waals surface area contributed by atoms with Crippen LogP contribution in [0.1, 0.15) is 0 Å². The van der Waals surface area contributed by atoms with Gasteiger partial charge in [-0.05, 0) is 77.9 Å². The molecule has 8 aromatic rings. The number of aromatic amines is 1. The van der Waals surface area contributed by atoms with Gasteiger partial charge >= 0.3 is 0 Å². The maximum atomic E-state index is 3.67. The first-order valence-corrected chi connectivity index (χ1v) is 15.1. The van der Waals surface area contributed by atoms with Gasteiger partial charge < -0.3 is 9.88 Å². The molecular weight excluding hydrogens is 525 g/mol. The lowest BCUT2D eigenvalue weighted by molar-refractivity contribution is 1.17. The summed E-state index contributed by atoms with van der Waals surface area (Å²) in [6, 6.07) is 46.5. The van der Waals surface area contributed by atoms with Crippen molar-refractivity contribution in [3.8, 4) is 11.1 Å². The fraction of sp³-hybridized carbons (Fsp3) is 0. The van der Waals surface area contributed by atoms with E-state index in [4.69, 9.17) is 0 Å². The van der Waals surface area contributed by atoms with Crippen molar-refractivity contribution in [3.05, 3.63) is 127 Å². The first kappa shape index (κ1) is 22.3. The second-order valence-corrected chi connectivity index (χ2v) is 12.5. The maximum Gasteiger partial charge on any atom is 0.0601 e. The lowest BCUT2D eigenvalue weighted by Crippen LogP contribution is -2.14. The standard InChI is InChI=1S/C36H22N2S2/c1-4-10-33-25(7-1)28-20-30-27(21-36(28)39-33)26-19-23(15-18-29(26)37-30)22-13-16-24(17-14-22)38-31-8-2-5-11-34(31)40-35-12-6-3-9-32(35)38/h1-21,37H. The Morgan fingerprint density at radius 2 is 1.15 bits per heavy atom. The summed E-state index contributed by atoms with van der Waals surface area (Å²) in [5.74, 6) is 0.